The molecule has 0 saturated carbocycles. The molecule has 0 bridgehead atoms. The first kappa shape index (κ1) is 13.6. The van der Waals surface area contributed by atoms with E-state index < -0.39 is 0 Å². The van der Waals surface area contributed by atoms with Crippen LogP contribution in [0.1, 0.15) is 30.1 Å². The van der Waals surface area contributed by atoms with Crippen molar-refractivity contribution in [3.05, 3.63) is 65.7 Å². The van der Waals surface area contributed by atoms with Crippen molar-refractivity contribution in [2.24, 2.45) is 0 Å². The molecule has 3 heteroatoms. The third-order valence-corrected chi connectivity index (χ3v) is 7.55. The Morgan fingerprint density at radius 2 is 1.62 bits per heavy atom. The van der Waals surface area contributed by atoms with Crippen LogP contribution in [0.15, 0.2) is 54.6 Å². The molecule has 1 spiro atoms. The van der Waals surface area contributed by atoms with E-state index in [2.05, 4.69) is 78.1 Å². The predicted octanol–water partition coefficient (Wildman–Crippen LogP) is 5.23. The summed E-state index contributed by atoms with van der Waals surface area (Å²) in [5.74, 6) is 3.57. The highest BCUT2D eigenvalue weighted by molar-refractivity contribution is 8.18. The molecule has 0 unspecified atom stereocenters. The van der Waals surface area contributed by atoms with Crippen LogP contribution in [0.5, 0.6) is 5.75 Å². The van der Waals surface area contributed by atoms with Crippen LogP contribution in [0.3, 0.4) is 0 Å². The minimum atomic E-state index is 0.166. The van der Waals surface area contributed by atoms with Gasteiger partial charge in [-0.3, -0.25) is 0 Å². The van der Waals surface area contributed by atoms with Crippen molar-refractivity contribution in [3.63, 3.8) is 0 Å². The highest BCUT2D eigenvalue weighted by atomic mass is 32.2. The lowest BCUT2D eigenvalue weighted by Gasteiger charge is -2.43. The van der Waals surface area contributed by atoms with E-state index in [9.17, 15) is 0 Å². The van der Waals surface area contributed by atoms with Crippen LogP contribution >= 0.6 is 23.5 Å². The molecule has 1 fully saturated rings. The highest BCUT2D eigenvalue weighted by Gasteiger charge is 2.44. The lowest BCUT2D eigenvalue weighted by atomic mass is 9.96. The zero-order valence-corrected chi connectivity index (χ0v) is 13.5. The van der Waals surface area contributed by atoms with Crippen molar-refractivity contribution in [3.8, 4) is 5.75 Å². The summed E-state index contributed by atoms with van der Waals surface area (Å²) in [4.78, 5) is 0. The molecule has 108 valence electrons. The van der Waals surface area contributed by atoms with E-state index in [-0.39, 0.29) is 10.2 Å². The first-order valence-corrected chi connectivity index (χ1v) is 9.44. The Morgan fingerprint density at radius 3 is 2.43 bits per heavy atom. The molecule has 0 N–H and O–H groups in total. The predicted molar refractivity (Wildman–Crippen MR) is 92.1 cm³/mol. The maximum Gasteiger partial charge on any atom is 0.126 e. The van der Waals surface area contributed by atoms with E-state index in [4.69, 9.17) is 4.74 Å². The van der Waals surface area contributed by atoms with Crippen molar-refractivity contribution in [1.82, 2.24) is 0 Å². The average Bonchev–Trinajstić information content (AvgIpc) is 2.56. The second-order valence-corrected chi connectivity index (χ2v) is 8.57. The van der Waals surface area contributed by atoms with Crippen molar-refractivity contribution < 1.29 is 4.74 Å². The molecule has 0 aromatic heterocycles. The Balaban J connectivity index is 1.76. The van der Waals surface area contributed by atoms with Gasteiger partial charge in [-0.25, -0.2) is 0 Å². The molecule has 0 aliphatic carbocycles. The van der Waals surface area contributed by atoms with E-state index in [0.29, 0.717) is 0 Å². The maximum absolute atomic E-state index is 6.32. The lowest BCUT2D eigenvalue weighted by Crippen LogP contribution is -2.32. The van der Waals surface area contributed by atoms with Gasteiger partial charge >= 0.3 is 0 Å². The van der Waals surface area contributed by atoms with Gasteiger partial charge in [0.05, 0.1) is 4.08 Å². The molecular formula is C18H18OS2. The number of fused-ring (bicyclic) bond motifs is 2. The van der Waals surface area contributed by atoms with Crippen molar-refractivity contribution in [1.29, 1.82) is 0 Å². The first-order chi connectivity index (χ1) is 10.4. The molecule has 0 radical (unpaired) electrons. The summed E-state index contributed by atoms with van der Waals surface area (Å²) in [6.07, 6.45) is 2.54. The molecule has 2 aliphatic heterocycles. The van der Waals surface area contributed by atoms with Crippen molar-refractivity contribution in [2.45, 2.75) is 23.0 Å². The Labute approximate surface area is 134 Å². The van der Waals surface area contributed by atoms with Crippen LogP contribution in [-0.4, -0.2) is 11.5 Å². The summed E-state index contributed by atoms with van der Waals surface area (Å²) in [5, 5.41) is 0. The first-order valence-electron chi connectivity index (χ1n) is 7.46. The second-order valence-electron chi connectivity index (χ2n) is 5.52. The molecule has 2 aromatic rings. The summed E-state index contributed by atoms with van der Waals surface area (Å²) in [6.45, 7) is 0. The number of benzene rings is 2. The van der Waals surface area contributed by atoms with Gasteiger partial charge in [0.25, 0.3) is 0 Å². The van der Waals surface area contributed by atoms with Gasteiger partial charge in [0, 0.05) is 12.0 Å². The Morgan fingerprint density at radius 1 is 0.905 bits per heavy atom. The van der Waals surface area contributed by atoms with E-state index in [0.717, 1.165) is 12.2 Å². The summed E-state index contributed by atoms with van der Waals surface area (Å²) in [5.41, 5.74) is 2.67. The molecule has 21 heavy (non-hydrogen) atoms. The van der Waals surface area contributed by atoms with Crippen LogP contribution in [0, 0.1) is 0 Å². The quantitative estimate of drug-likeness (QED) is 0.713. The average molecular weight is 314 g/mol. The summed E-state index contributed by atoms with van der Waals surface area (Å²) in [7, 11) is 0. The monoisotopic (exact) mass is 314 g/mol. The fourth-order valence-corrected chi connectivity index (χ4v) is 6.57. The zero-order chi connectivity index (χ0) is 14.1. The van der Waals surface area contributed by atoms with Gasteiger partial charge in [-0.15, -0.1) is 23.5 Å². The summed E-state index contributed by atoms with van der Waals surface area (Å²) < 4.78 is 6.49. The Hall–Kier alpha value is -1.06. The topological polar surface area (TPSA) is 9.23 Å². The number of rotatable bonds is 1. The number of hydrogen-bond donors (Lipinski definition) is 0. The summed E-state index contributed by atoms with van der Waals surface area (Å²) >= 11 is 4.22. The molecule has 1 saturated heterocycles. The minimum absolute atomic E-state index is 0.166. The fourth-order valence-electron chi connectivity index (χ4n) is 3.13. The van der Waals surface area contributed by atoms with Crippen LogP contribution in [-0.2, 0) is 4.08 Å². The number of ether oxygens (including phenoxy) is 1. The number of thioether (sulfide) groups is 2. The van der Waals surface area contributed by atoms with Gasteiger partial charge < -0.3 is 4.74 Å². The van der Waals surface area contributed by atoms with E-state index in [1.54, 1.807) is 0 Å². The van der Waals surface area contributed by atoms with Crippen LogP contribution in [0.2, 0.25) is 0 Å². The van der Waals surface area contributed by atoms with E-state index in [1.165, 1.54) is 29.1 Å². The largest absolute Gasteiger partial charge is 0.485 e. The minimum Gasteiger partial charge on any atom is -0.485 e. The molecule has 1 nitrogen and oxygen atoms in total. The van der Waals surface area contributed by atoms with Crippen molar-refractivity contribution >= 4 is 23.5 Å². The summed E-state index contributed by atoms with van der Waals surface area (Å²) in [6, 6.07) is 19.2. The van der Waals surface area contributed by atoms with Crippen molar-refractivity contribution in [2.75, 3.05) is 11.5 Å². The van der Waals surface area contributed by atoms with Gasteiger partial charge in [-0.05, 0) is 29.6 Å². The number of para-hydroxylation sites is 1. The molecule has 2 heterocycles. The van der Waals surface area contributed by atoms with E-state index >= 15 is 0 Å². The number of hydrogen-bond acceptors (Lipinski definition) is 3. The van der Waals surface area contributed by atoms with Gasteiger partial charge in [-0.2, -0.15) is 0 Å². The highest BCUT2D eigenvalue weighted by Crippen LogP contribution is 2.60. The normalized spacial score (nSPS) is 23.3. The fraction of sp³-hybridized carbons (Fsp3) is 0.333. The third-order valence-electron chi connectivity index (χ3n) is 4.15. The van der Waals surface area contributed by atoms with Crippen LogP contribution < -0.4 is 4.74 Å². The zero-order valence-electron chi connectivity index (χ0n) is 11.8. The Bertz CT molecular complexity index is 620. The maximum atomic E-state index is 6.32. The smallest absolute Gasteiger partial charge is 0.126 e. The second kappa shape index (κ2) is 5.62. The molecule has 4 rings (SSSR count). The van der Waals surface area contributed by atoms with Gasteiger partial charge in [0.2, 0.25) is 0 Å². The molecule has 2 aromatic carbocycles. The van der Waals surface area contributed by atoms with Gasteiger partial charge in [0.15, 0.2) is 0 Å². The molecule has 0 amide bonds. The molecule has 2 aliphatic rings. The van der Waals surface area contributed by atoms with Gasteiger partial charge in [0.1, 0.15) is 11.9 Å². The third kappa shape index (κ3) is 2.47. The molecular weight excluding hydrogens is 296 g/mol. The molecule has 1 atom stereocenters. The van der Waals surface area contributed by atoms with Crippen LogP contribution in [0.4, 0.5) is 0 Å². The lowest BCUT2D eigenvalue weighted by molar-refractivity contribution is 0.169. The van der Waals surface area contributed by atoms with Gasteiger partial charge in [-0.1, -0.05) is 48.5 Å². The van der Waals surface area contributed by atoms with E-state index in [1.807, 2.05) is 0 Å². The Kier molecular flexibility index (Phi) is 3.64. The standard InChI is InChI=1S/C18H18OS2/c1-2-7-14(8-3-1)17-13-18(20-11-6-12-21-18)15-9-4-5-10-16(15)19-17/h1-5,7-10,17H,6,11-13H2/t17-/m0/s1. The SMILES string of the molecule is c1ccc([C@@H]2CC3(SCCCS3)c3ccccc3O2)cc1. The van der Waals surface area contributed by atoms with Crippen LogP contribution in [0.25, 0.3) is 0 Å².